The molecule has 9 unspecified atom stereocenters. The highest BCUT2D eigenvalue weighted by molar-refractivity contribution is 5.34. The minimum absolute atomic E-state index is 0.00673. The fourth-order valence-corrected chi connectivity index (χ4v) is 13.6. The van der Waals surface area contributed by atoms with Crippen LogP contribution in [0.25, 0.3) is 0 Å². The molecule has 2 saturated heterocycles. The summed E-state index contributed by atoms with van der Waals surface area (Å²) in [6.45, 7) is 17.3. The van der Waals surface area contributed by atoms with Crippen LogP contribution >= 0.6 is 0 Å². The summed E-state index contributed by atoms with van der Waals surface area (Å²) in [6, 6.07) is 0. The molecule has 0 spiro atoms. The van der Waals surface area contributed by atoms with E-state index in [-0.39, 0.29) is 50.4 Å². The molecule has 0 amide bonds. The molecule has 55 heavy (non-hydrogen) atoms. The average Bonchev–Trinajstić information content (AvgIpc) is 3.12. The summed E-state index contributed by atoms with van der Waals surface area (Å²) in [5, 5.41) is 95.8. The topological polar surface area (TPSA) is 219 Å². The molecule has 0 radical (unpaired) electrons. The van der Waals surface area contributed by atoms with Gasteiger partial charge >= 0.3 is 0 Å². The normalized spacial score (nSPS) is 56.0. The van der Waals surface area contributed by atoms with E-state index in [9.17, 15) is 46.0 Å². The lowest BCUT2D eigenvalue weighted by atomic mass is 9.33. The molecule has 0 aromatic carbocycles. The number of aliphatic hydroxyl groups is 9. The highest BCUT2D eigenvalue weighted by Crippen LogP contribution is 2.75. The Bertz CT molecular complexity index is 1450. The van der Waals surface area contributed by atoms with Crippen molar-refractivity contribution in [3.8, 4) is 0 Å². The molecule has 9 N–H and O–H groups in total. The molecule has 2 heterocycles. The van der Waals surface area contributed by atoms with E-state index in [2.05, 4.69) is 61.5 Å². The minimum Gasteiger partial charge on any atom is -0.394 e. The number of aliphatic hydroxyl groups excluding tert-OH is 9. The molecule has 5 aliphatic carbocycles. The van der Waals surface area contributed by atoms with Crippen LogP contribution < -0.4 is 0 Å². The lowest BCUT2D eigenvalue weighted by Gasteiger charge is -2.72. The van der Waals surface area contributed by atoms with Crippen molar-refractivity contribution in [2.24, 2.45) is 50.2 Å². The zero-order valence-corrected chi connectivity index (χ0v) is 34.0. The highest BCUT2D eigenvalue weighted by Gasteiger charge is 2.69. The number of rotatable bonds is 6. The van der Waals surface area contributed by atoms with Gasteiger partial charge in [0.25, 0.3) is 0 Å². The zero-order valence-electron chi connectivity index (χ0n) is 34.0. The number of allylic oxidation sites excluding steroid dienone is 2. The maximum Gasteiger partial charge on any atom is 0.186 e. The van der Waals surface area contributed by atoms with Crippen molar-refractivity contribution in [1.29, 1.82) is 0 Å². The summed E-state index contributed by atoms with van der Waals surface area (Å²) in [6.07, 6.45) is -6.65. The van der Waals surface area contributed by atoms with Crippen LogP contribution in [0, 0.1) is 50.2 Å². The zero-order chi connectivity index (χ0) is 40.4. The van der Waals surface area contributed by atoms with Crippen LogP contribution in [0.1, 0.15) is 107 Å². The second-order valence-corrected chi connectivity index (χ2v) is 21.0. The fraction of sp³-hybridized carbons (Fsp3) is 0.952. The van der Waals surface area contributed by atoms with Crippen LogP contribution in [-0.2, 0) is 18.9 Å². The van der Waals surface area contributed by atoms with Crippen LogP contribution in [0.15, 0.2) is 11.6 Å². The first kappa shape index (κ1) is 42.3. The Morgan fingerprint density at radius 2 is 1.27 bits per heavy atom. The summed E-state index contributed by atoms with van der Waals surface area (Å²) in [4.78, 5) is 0. The van der Waals surface area contributed by atoms with E-state index in [1.165, 1.54) is 5.57 Å². The lowest BCUT2D eigenvalue weighted by Crippen LogP contribution is -2.67. The predicted octanol–water partition coefficient (Wildman–Crippen LogP) is 1.76. The summed E-state index contributed by atoms with van der Waals surface area (Å²) in [5.74, 6) is 0.920. The van der Waals surface area contributed by atoms with Crippen molar-refractivity contribution >= 4 is 0 Å². The number of hydrogen-bond acceptors (Lipinski definition) is 13. The third-order valence-corrected chi connectivity index (χ3v) is 17.5. The van der Waals surface area contributed by atoms with Crippen molar-refractivity contribution in [3.63, 3.8) is 0 Å². The van der Waals surface area contributed by atoms with Gasteiger partial charge in [-0.25, -0.2) is 0 Å². The molecule has 4 saturated carbocycles. The van der Waals surface area contributed by atoms with E-state index in [0.717, 1.165) is 44.9 Å². The maximum atomic E-state index is 11.5. The third kappa shape index (κ3) is 6.19. The van der Waals surface area contributed by atoms with E-state index in [1.54, 1.807) is 0 Å². The van der Waals surface area contributed by atoms with Gasteiger partial charge in [0.05, 0.1) is 31.5 Å². The van der Waals surface area contributed by atoms with Gasteiger partial charge in [-0.1, -0.05) is 67.0 Å². The first-order chi connectivity index (χ1) is 25.5. The third-order valence-electron chi connectivity index (χ3n) is 17.5. The van der Waals surface area contributed by atoms with Crippen molar-refractivity contribution in [2.75, 3.05) is 13.2 Å². The van der Waals surface area contributed by atoms with Crippen molar-refractivity contribution in [1.82, 2.24) is 0 Å². The molecule has 6 fully saturated rings. The van der Waals surface area contributed by atoms with E-state index < -0.39 is 86.8 Å². The van der Waals surface area contributed by atoms with Gasteiger partial charge in [-0.15, -0.1) is 0 Å². The van der Waals surface area contributed by atoms with Crippen LogP contribution in [0.4, 0.5) is 0 Å². The molecule has 0 aromatic rings. The predicted molar refractivity (Wildman–Crippen MR) is 199 cm³/mol. The van der Waals surface area contributed by atoms with Gasteiger partial charge in [-0.05, 0) is 96.2 Å². The van der Waals surface area contributed by atoms with Gasteiger partial charge in [0.15, 0.2) is 12.6 Å². The first-order valence-electron chi connectivity index (χ1n) is 20.8. The SMILES string of the molecule is CC1(C)CC2C3=CCC4[C@@]5(C)CC[C@H](O[C@@H]6OC(CO[C@@H]7OC(CO)[C@@H](O)C(O)C7O)[C@@H](O)C(O)C6O)C(C)(C)C5CC[C@@]4(C)[C@]3(C)CC[C@@]2(C)[C@@H](O)[C@@H]1O. The molecule has 13 nitrogen and oxygen atoms in total. The van der Waals surface area contributed by atoms with E-state index >= 15 is 0 Å². The lowest BCUT2D eigenvalue weighted by molar-refractivity contribution is -0.345. The summed E-state index contributed by atoms with van der Waals surface area (Å²) < 4.78 is 23.8. The van der Waals surface area contributed by atoms with Crippen molar-refractivity contribution < 1.29 is 64.9 Å². The molecule has 13 heteroatoms. The van der Waals surface area contributed by atoms with E-state index in [4.69, 9.17) is 18.9 Å². The van der Waals surface area contributed by atoms with Crippen molar-refractivity contribution in [2.45, 2.75) is 186 Å². The molecule has 7 rings (SSSR count). The van der Waals surface area contributed by atoms with E-state index in [0.29, 0.717) is 12.3 Å². The molecular weight excluding hydrogens is 712 g/mol. The van der Waals surface area contributed by atoms with Gasteiger partial charge in [-0.3, -0.25) is 0 Å². The number of ether oxygens (including phenoxy) is 4. The van der Waals surface area contributed by atoms with E-state index in [1.807, 2.05) is 0 Å². The smallest absolute Gasteiger partial charge is 0.186 e. The van der Waals surface area contributed by atoms with Crippen LogP contribution in [0.3, 0.4) is 0 Å². The quantitative estimate of drug-likeness (QED) is 0.139. The second kappa shape index (κ2) is 14.2. The Hall–Kier alpha value is -0.780. The maximum absolute atomic E-state index is 11.5. The summed E-state index contributed by atoms with van der Waals surface area (Å²) >= 11 is 0. The Balaban J connectivity index is 1.07. The second-order valence-electron chi connectivity index (χ2n) is 21.0. The van der Waals surface area contributed by atoms with Crippen molar-refractivity contribution in [3.05, 3.63) is 11.6 Å². The number of hydrogen-bond donors (Lipinski definition) is 9. The van der Waals surface area contributed by atoms with Crippen LogP contribution in [0.2, 0.25) is 0 Å². The van der Waals surface area contributed by atoms with Gasteiger partial charge < -0.3 is 64.9 Å². The Labute approximate surface area is 326 Å². The van der Waals surface area contributed by atoms with Gasteiger partial charge in [-0.2, -0.15) is 0 Å². The molecule has 0 bridgehead atoms. The Morgan fingerprint density at radius 3 is 1.93 bits per heavy atom. The minimum atomic E-state index is -1.65. The van der Waals surface area contributed by atoms with Crippen LogP contribution in [0.5, 0.6) is 0 Å². The summed E-state index contributed by atoms with van der Waals surface area (Å²) in [5.41, 5.74) is 0.406. The van der Waals surface area contributed by atoms with Gasteiger partial charge in [0, 0.05) is 5.41 Å². The van der Waals surface area contributed by atoms with Crippen LogP contribution in [-0.4, -0.2) is 139 Å². The molecule has 20 atom stereocenters. The molecule has 7 aliphatic rings. The number of fused-ring (bicyclic) bond motifs is 7. The largest absolute Gasteiger partial charge is 0.394 e. The van der Waals surface area contributed by atoms with Gasteiger partial charge in [0.2, 0.25) is 0 Å². The molecule has 316 valence electrons. The standard InChI is InChI=1S/C42H70O13/c1-37(2)17-21-20-9-10-25-40(6)13-12-26(38(3,4)24(40)11-14-42(25,8)41(20,7)16-15-39(21,5)34(51)33(37)50)55-36-32(49)30(47)28(45)23(54-36)19-52-35-31(48)29(46)27(44)22(18-43)53-35/h9,21-36,43-51H,10-19H2,1-8H3/t21?,22?,23?,24?,25?,26-,27+,28+,29?,30?,31?,32?,33-,34-,35+,36-,39+,40-,41+,42+/m0/s1. The molecule has 2 aliphatic heterocycles. The Morgan fingerprint density at radius 1 is 0.655 bits per heavy atom. The monoisotopic (exact) mass is 782 g/mol. The summed E-state index contributed by atoms with van der Waals surface area (Å²) in [7, 11) is 0. The average molecular weight is 783 g/mol. The fourth-order valence-electron chi connectivity index (χ4n) is 13.6. The molecule has 0 aromatic heterocycles. The first-order valence-corrected chi connectivity index (χ1v) is 20.8. The van der Waals surface area contributed by atoms with Gasteiger partial charge in [0.1, 0.15) is 48.8 Å². The molecular formula is C42H70O13. The highest BCUT2D eigenvalue weighted by atomic mass is 16.7. The Kier molecular flexibility index (Phi) is 10.9.